The highest BCUT2D eigenvalue weighted by Gasteiger charge is 2.28. The second-order valence-electron chi connectivity index (χ2n) is 7.63. The molecule has 0 saturated carbocycles. The molecular formula is C20H33N5O3. The Morgan fingerprint density at radius 1 is 1.25 bits per heavy atom. The van der Waals surface area contributed by atoms with Gasteiger partial charge in [0.25, 0.3) is 5.69 Å². The fourth-order valence-electron chi connectivity index (χ4n) is 3.03. The van der Waals surface area contributed by atoms with Crippen LogP contribution in [0, 0.1) is 10.1 Å². The Balaban J connectivity index is 1.97. The average Bonchev–Trinajstić information content (AvgIpc) is 2.70. The lowest BCUT2D eigenvalue weighted by atomic mass is 10.0. The van der Waals surface area contributed by atoms with Gasteiger partial charge in [-0.1, -0.05) is 25.5 Å². The number of non-ortho nitro benzene ring substituents is 1. The number of rotatable bonds is 9. The summed E-state index contributed by atoms with van der Waals surface area (Å²) in [6.07, 6.45) is 2.19. The maximum atomic E-state index is 10.8. The molecule has 1 saturated heterocycles. The van der Waals surface area contributed by atoms with Crippen molar-refractivity contribution in [2.24, 2.45) is 4.99 Å². The molecule has 0 aliphatic carbocycles. The predicted molar refractivity (Wildman–Crippen MR) is 112 cm³/mol. The van der Waals surface area contributed by atoms with E-state index in [0.29, 0.717) is 6.54 Å². The summed E-state index contributed by atoms with van der Waals surface area (Å²) in [5, 5.41) is 17.6. The summed E-state index contributed by atoms with van der Waals surface area (Å²) >= 11 is 0. The largest absolute Gasteiger partial charge is 0.379 e. The first-order valence-corrected chi connectivity index (χ1v) is 10.0. The van der Waals surface area contributed by atoms with Crippen LogP contribution in [0.25, 0.3) is 0 Å². The number of benzene rings is 1. The van der Waals surface area contributed by atoms with E-state index in [9.17, 15) is 10.1 Å². The van der Waals surface area contributed by atoms with E-state index in [1.54, 1.807) is 12.1 Å². The smallest absolute Gasteiger partial charge is 0.269 e. The zero-order chi connectivity index (χ0) is 20.4. The summed E-state index contributed by atoms with van der Waals surface area (Å²) in [7, 11) is 0. The average molecular weight is 392 g/mol. The SMILES string of the molecule is CCCCNC(=NCc1ccc([N+](=O)[O-])cc1)NCC(C)(C)N1CCOCC1. The lowest BCUT2D eigenvalue weighted by Crippen LogP contribution is -2.56. The zero-order valence-electron chi connectivity index (χ0n) is 17.2. The highest BCUT2D eigenvalue weighted by molar-refractivity contribution is 5.79. The van der Waals surface area contributed by atoms with Gasteiger partial charge >= 0.3 is 0 Å². The van der Waals surface area contributed by atoms with Crippen LogP contribution >= 0.6 is 0 Å². The minimum Gasteiger partial charge on any atom is -0.379 e. The standard InChI is InChI=1S/C20H33N5O3/c1-4-5-10-21-19(22-15-17-6-8-18(9-7-17)25(26)27)23-16-20(2,3)24-11-13-28-14-12-24/h6-9H,4-5,10-16H2,1-3H3,(H2,21,22,23). The molecule has 1 aliphatic heterocycles. The molecule has 0 radical (unpaired) electrons. The normalized spacial score (nSPS) is 16.0. The quantitative estimate of drug-likeness (QED) is 0.221. The van der Waals surface area contributed by atoms with E-state index in [-0.39, 0.29) is 16.1 Å². The first-order chi connectivity index (χ1) is 13.4. The summed E-state index contributed by atoms with van der Waals surface area (Å²) in [4.78, 5) is 17.5. The highest BCUT2D eigenvalue weighted by atomic mass is 16.6. The monoisotopic (exact) mass is 391 g/mol. The molecule has 0 bridgehead atoms. The molecule has 1 aliphatic rings. The molecule has 0 aromatic heterocycles. The van der Waals surface area contributed by atoms with Gasteiger partial charge in [-0.25, -0.2) is 4.99 Å². The number of nitro benzene ring substituents is 1. The third-order valence-corrected chi connectivity index (χ3v) is 4.95. The Hall–Kier alpha value is -2.19. The Labute approximate surface area is 167 Å². The molecule has 2 rings (SSSR count). The van der Waals surface area contributed by atoms with Crippen molar-refractivity contribution in [2.75, 3.05) is 39.4 Å². The van der Waals surface area contributed by atoms with Crippen LogP contribution in [0.4, 0.5) is 5.69 Å². The van der Waals surface area contributed by atoms with Crippen molar-refractivity contribution >= 4 is 11.6 Å². The number of ether oxygens (including phenoxy) is 1. The summed E-state index contributed by atoms with van der Waals surface area (Å²) in [6, 6.07) is 6.54. The first kappa shape index (κ1) is 22.1. The number of unbranched alkanes of at least 4 members (excludes halogenated alkanes) is 1. The van der Waals surface area contributed by atoms with Gasteiger partial charge in [0.15, 0.2) is 5.96 Å². The minimum absolute atomic E-state index is 0.00958. The van der Waals surface area contributed by atoms with Crippen LogP contribution in [-0.4, -0.2) is 60.7 Å². The van der Waals surface area contributed by atoms with Gasteiger partial charge in [-0.05, 0) is 25.8 Å². The maximum absolute atomic E-state index is 10.8. The fourth-order valence-corrected chi connectivity index (χ4v) is 3.03. The third kappa shape index (κ3) is 7.09. The molecule has 8 heteroatoms. The van der Waals surface area contributed by atoms with Crippen LogP contribution in [0.5, 0.6) is 0 Å². The molecule has 2 N–H and O–H groups in total. The van der Waals surface area contributed by atoms with E-state index in [4.69, 9.17) is 4.74 Å². The highest BCUT2D eigenvalue weighted by Crippen LogP contribution is 2.15. The van der Waals surface area contributed by atoms with Gasteiger partial charge in [-0.3, -0.25) is 15.0 Å². The van der Waals surface area contributed by atoms with E-state index in [1.807, 2.05) is 0 Å². The molecule has 28 heavy (non-hydrogen) atoms. The van der Waals surface area contributed by atoms with Crippen LogP contribution in [0.2, 0.25) is 0 Å². The molecule has 8 nitrogen and oxygen atoms in total. The molecule has 1 heterocycles. The number of hydrogen-bond donors (Lipinski definition) is 2. The number of hydrogen-bond acceptors (Lipinski definition) is 5. The van der Waals surface area contributed by atoms with Gasteiger partial charge in [0.05, 0.1) is 24.7 Å². The summed E-state index contributed by atoms with van der Waals surface area (Å²) < 4.78 is 5.46. The lowest BCUT2D eigenvalue weighted by molar-refractivity contribution is -0.384. The van der Waals surface area contributed by atoms with E-state index >= 15 is 0 Å². The van der Waals surface area contributed by atoms with Crippen molar-refractivity contribution in [1.29, 1.82) is 0 Å². The van der Waals surface area contributed by atoms with Gasteiger partial charge < -0.3 is 15.4 Å². The topological polar surface area (TPSA) is 92.0 Å². The van der Waals surface area contributed by atoms with Crippen LogP contribution < -0.4 is 10.6 Å². The van der Waals surface area contributed by atoms with E-state index in [1.165, 1.54) is 12.1 Å². The fraction of sp³-hybridized carbons (Fsp3) is 0.650. The predicted octanol–water partition coefficient (Wildman–Crippen LogP) is 2.54. The zero-order valence-corrected chi connectivity index (χ0v) is 17.2. The molecule has 156 valence electrons. The van der Waals surface area contributed by atoms with Crippen molar-refractivity contribution < 1.29 is 9.66 Å². The molecule has 0 amide bonds. The number of nitro groups is 1. The van der Waals surface area contributed by atoms with Crippen LogP contribution in [0.15, 0.2) is 29.3 Å². The van der Waals surface area contributed by atoms with Crippen molar-refractivity contribution in [3.63, 3.8) is 0 Å². The van der Waals surface area contributed by atoms with Gasteiger partial charge in [-0.2, -0.15) is 0 Å². The second-order valence-corrected chi connectivity index (χ2v) is 7.63. The number of nitrogens with one attached hydrogen (secondary N) is 2. The number of nitrogens with zero attached hydrogens (tertiary/aromatic N) is 3. The van der Waals surface area contributed by atoms with E-state index < -0.39 is 0 Å². The molecular weight excluding hydrogens is 358 g/mol. The molecule has 0 unspecified atom stereocenters. The maximum Gasteiger partial charge on any atom is 0.269 e. The molecule has 0 spiro atoms. The van der Waals surface area contributed by atoms with E-state index in [0.717, 1.165) is 63.8 Å². The Kier molecular flexibility index (Phi) is 8.66. The number of guanidine groups is 1. The first-order valence-electron chi connectivity index (χ1n) is 10.0. The Morgan fingerprint density at radius 2 is 1.93 bits per heavy atom. The van der Waals surface area contributed by atoms with Crippen LogP contribution in [0.1, 0.15) is 39.2 Å². The van der Waals surface area contributed by atoms with Gasteiger partial charge in [0.2, 0.25) is 0 Å². The van der Waals surface area contributed by atoms with Crippen molar-refractivity contribution in [2.45, 2.75) is 45.7 Å². The molecule has 1 aromatic rings. The van der Waals surface area contributed by atoms with Crippen molar-refractivity contribution in [3.8, 4) is 0 Å². The summed E-state index contributed by atoms with van der Waals surface area (Å²) in [5.74, 6) is 0.771. The Bertz CT molecular complexity index is 640. The molecule has 0 atom stereocenters. The number of morpholine rings is 1. The van der Waals surface area contributed by atoms with Crippen molar-refractivity contribution in [1.82, 2.24) is 15.5 Å². The summed E-state index contributed by atoms with van der Waals surface area (Å²) in [5.41, 5.74) is 1.03. The third-order valence-electron chi connectivity index (χ3n) is 4.95. The second kappa shape index (κ2) is 11.0. The van der Waals surface area contributed by atoms with Crippen LogP contribution in [-0.2, 0) is 11.3 Å². The number of aliphatic imine (C=N–C) groups is 1. The molecule has 1 aromatic carbocycles. The van der Waals surface area contributed by atoms with Gasteiger partial charge in [0.1, 0.15) is 0 Å². The van der Waals surface area contributed by atoms with Crippen molar-refractivity contribution in [3.05, 3.63) is 39.9 Å². The molecule has 1 fully saturated rings. The van der Waals surface area contributed by atoms with E-state index in [2.05, 4.69) is 41.3 Å². The minimum atomic E-state index is -0.389. The van der Waals surface area contributed by atoms with Gasteiger partial charge in [0, 0.05) is 43.9 Å². The van der Waals surface area contributed by atoms with Gasteiger partial charge in [-0.15, -0.1) is 0 Å². The Morgan fingerprint density at radius 3 is 2.54 bits per heavy atom. The lowest BCUT2D eigenvalue weighted by Gasteiger charge is -2.41. The van der Waals surface area contributed by atoms with Crippen LogP contribution in [0.3, 0.4) is 0 Å². The summed E-state index contributed by atoms with van der Waals surface area (Å²) in [6.45, 7) is 12.1.